The van der Waals surface area contributed by atoms with Crippen LogP contribution in [0.25, 0.3) is 22.3 Å². The topological polar surface area (TPSA) is 106 Å². The second-order valence-corrected chi connectivity index (χ2v) is 8.83. The maximum atomic E-state index is 13.0. The number of hydrogen-bond acceptors (Lipinski definition) is 6. The van der Waals surface area contributed by atoms with Gasteiger partial charge in [-0.3, -0.25) is 4.99 Å². The van der Waals surface area contributed by atoms with Gasteiger partial charge in [0.15, 0.2) is 0 Å². The fourth-order valence-corrected chi connectivity index (χ4v) is 4.29. The first-order chi connectivity index (χ1) is 18.9. The van der Waals surface area contributed by atoms with Crippen molar-refractivity contribution < 1.29 is 36.1 Å². The Hall–Kier alpha value is -3.94. The van der Waals surface area contributed by atoms with E-state index in [1.54, 1.807) is 44.4 Å². The second-order valence-electron chi connectivity index (χ2n) is 8.83. The van der Waals surface area contributed by atoms with Crippen molar-refractivity contribution in [3.63, 3.8) is 0 Å². The van der Waals surface area contributed by atoms with E-state index in [1.807, 2.05) is 38.1 Å². The minimum absolute atomic E-state index is 0. The SMILES string of the molecule is CCOC(=O)/C(=C1\C=CC=N1)c1ccc(/C(CC)=C2/C=CC(C(/C(=O)OCC)=c3/cc/c(=C(/C)CC)[n-]3)=N2)[n-]1.[Mn+3]. The molecule has 2 aliphatic rings. The molecule has 2 aromatic rings. The smallest absolute Gasteiger partial charge is 0.657 e. The zero-order chi connectivity index (χ0) is 27.9. The van der Waals surface area contributed by atoms with Gasteiger partial charge >= 0.3 is 29.0 Å². The van der Waals surface area contributed by atoms with Crippen molar-refractivity contribution in [1.82, 2.24) is 9.97 Å². The third kappa shape index (κ3) is 6.43. The number of rotatable bonds is 9. The first kappa shape index (κ1) is 30.6. The van der Waals surface area contributed by atoms with E-state index < -0.39 is 11.9 Å². The third-order valence-electron chi connectivity index (χ3n) is 6.40. The molecule has 0 unspecified atom stereocenters. The number of aliphatic imine (C=N–C) groups is 2. The monoisotopic (exact) mass is 579 g/mol. The predicted molar refractivity (Wildman–Crippen MR) is 153 cm³/mol. The zero-order valence-corrected chi connectivity index (χ0v) is 24.5. The summed E-state index contributed by atoms with van der Waals surface area (Å²) in [4.78, 5) is 44.3. The number of nitrogens with zero attached hydrogens (tertiary/aromatic N) is 4. The second kappa shape index (κ2) is 13.9. The Morgan fingerprint density at radius 3 is 2.08 bits per heavy atom. The molecule has 8 nitrogen and oxygen atoms in total. The van der Waals surface area contributed by atoms with Crippen LogP contribution in [-0.4, -0.2) is 37.1 Å². The van der Waals surface area contributed by atoms with Crippen molar-refractivity contribution in [1.29, 1.82) is 0 Å². The Kier molecular flexibility index (Phi) is 10.6. The molecule has 4 heterocycles. The average molecular weight is 580 g/mol. The van der Waals surface area contributed by atoms with Gasteiger partial charge in [0, 0.05) is 6.21 Å². The van der Waals surface area contributed by atoms with Crippen molar-refractivity contribution in [3.05, 3.63) is 82.0 Å². The molecule has 0 aromatic carbocycles. The molecule has 0 N–H and O–H groups in total. The van der Waals surface area contributed by atoms with E-state index in [2.05, 4.69) is 16.9 Å². The average Bonchev–Trinajstić information content (AvgIpc) is 3.74. The van der Waals surface area contributed by atoms with Crippen LogP contribution in [0.2, 0.25) is 0 Å². The van der Waals surface area contributed by atoms with Crippen molar-refractivity contribution in [2.24, 2.45) is 9.98 Å². The third-order valence-corrected chi connectivity index (χ3v) is 6.40. The summed E-state index contributed by atoms with van der Waals surface area (Å²) < 4.78 is 10.6. The summed E-state index contributed by atoms with van der Waals surface area (Å²) >= 11 is 0. The van der Waals surface area contributed by atoms with Gasteiger partial charge in [0.25, 0.3) is 0 Å². The molecule has 0 fully saturated rings. The van der Waals surface area contributed by atoms with E-state index in [9.17, 15) is 9.59 Å². The standard InChI is InChI=1S/C31H33N4O4.Mn/c1-6-19(5)21-12-15-26(33-21)29(31(37)39-9-4)27-17-14-23(35-27)20(7-2)22-13-16-25(34-22)28(30(36)38-8-3)24-11-10-18-32-24;/h10-18H,6-9H2,1-5H3,(H-,32,33,34,35,36,37);/q-1;+3/p-1/b21-19+;. The van der Waals surface area contributed by atoms with Crippen molar-refractivity contribution in [2.45, 2.75) is 47.5 Å². The molecule has 0 atom stereocenters. The van der Waals surface area contributed by atoms with Gasteiger partial charge in [-0.1, -0.05) is 43.7 Å². The fraction of sp³-hybridized carbons (Fsp3) is 0.290. The molecule has 40 heavy (non-hydrogen) atoms. The Bertz CT molecular complexity index is 1580. The molecule has 0 radical (unpaired) electrons. The molecule has 0 saturated carbocycles. The number of carbonyl (C=O) groups excluding carboxylic acids is 2. The van der Waals surface area contributed by atoms with Crippen LogP contribution in [0.5, 0.6) is 0 Å². The van der Waals surface area contributed by atoms with Gasteiger partial charge in [-0.05, 0) is 63.5 Å². The molecule has 2 aromatic heterocycles. The van der Waals surface area contributed by atoms with E-state index in [-0.39, 0.29) is 30.3 Å². The van der Waals surface area contributed by atoms with Gasteiger partial charge in [0.05, 0.1) is 41.5 Å². The number of carbonyl (C=O) groups is 2. The van der Waals surface area contributed by atoms with Crippen LogP contribution < -0.4 is 20.7 Å². The molecule has 0 aliphatic carbocycles. The van der Waals surface area contributed by atoms with E-state index in [4.69, 9.17) is 19.5 Å². The minimum Gasteiger partial charge on any atom is -0.657 e. The summed E-state index contributed by atoms with van der Waals surface area (Å²) in [5.41, 5.74) is 5.50. The molecule has 2 aliphatic heterocycles. The molecular formula is C31H32MnN4O4+. The number of allylic oxidation sites excluding steroid dienone is 5. The van der Waals surface area contributed by atoms with Crippen LogP contribution in [0.1, 0.15) is 58.8 Å². The maximum absolute atomic E-state index is 13.0. The van der Waals surface area contributed by atoms with Gasteiger partial charge in [0.1, 0.15) is 0 Å². The van der Waals surface area contributed by atoms with E-state index in [0.717, 1.165) is 22.9 Å². The summed E-state index contributed by atoms with van der Waals surface area (Å²) in [6.07, 6.45) is 10.3. The van der Waals surface area contributed by atoms with Crippen LogP contribution in [0.4, 0.5) is 0 Å². The Balaban J connectivity index is 0.00000441. The van der Waals surface area contributed by atoms with Gasteiger partial charge in [-0.15, -0.1) is 22.1 Å². The Morgan fingerprint density at radius 1 is 0.775 bits per heavy atom. The maximum Gasteiger partial charge on any atom is 3.00 e. The number of esters is 2. The van der Waals surface area contributed by atoms with Gasteiger partial charge in [0.2, 0.25) is 0 Å². The van der Waals surface area contributed by atoms with Gasteiger partial charge in [-0.25, -0.2) is 14.6 Å². The van der Waals surface area contributed by atoms with E-state index >= 15 is 0 Å². The van der Waals surface area contributed by atoms with Crippen LogP contribution in [0.3, 0.4) is 0 Å². The Labute approximate surface area is 244 Å². The Morgan fingerprint density at radius 2 is 1.45 bits per heavy atom. The van der Waals surface area contributed by atoms with Crippen molar-refractivity contribution in [3.8, 4) is 0 Å². The normalized spacial score (nSPS) is 17.8. The summed E-state index contributed by atoms with van der Waals surface area (Å²) in [6.45, 7) is 10.1. The molecule has 9 heteroatoms. The summed E-state index contributed by atoms with van der Waals surface area (Å²) in [6, 6.07) is 7.38. The van der Waals surface area contributed by atoms with Crippen LogP contribution in [-0.2, 0) is 36.1 Å². The quantitative estimate of drug-likeness (QED) is 0.255. The van der Waals surface area contributed by atoms with Crippen LogP contribution in [0, 0.1) is 0 Å². The number of hydrogen-bond donors (Lipinski definition) is 0. The molecule has 206 valence electrons. The number of ether oxygens (including phenoxy) is 2. The van der Waals surface area contributed by atoms with E-state index in [1.165, 1.54) is 0 Å². The minimum atomic E-state index is -0.474. The first-order valence-electron chi connectivity index (χ1n) is 13.2. The van der Waals surface area contributed by atoms with Crippen LogP contribution in [0.15, 0.2) is 69.9 Å². The molecular weight excluding hydrogens is 547 g/mol. The van der Waals surface area contributed by atoms with Crippen molar-refractivity contribution >= 4 is 46.2 Å². The number of aromatic nitrogens is 2. The molecule has 0 saturated heterocycles. The van der Waals surface area contributed by atoms with Crippen molar-refractivity contribution in [2.75, 3.05) is 13.2 Å². The summed E-state index contributed by atoms with van der Waals surface area (Å²) in [5, 5.41) is 1.38. The molecule has 0 amide bonds. The fourth-order valence-electron chi connectivity index (χ4n) is 4.29. The largest absolute Gasteiger partial charge is 3.00 e. The van der Waals surface area contributed by atoms with Crippen LogP contribution >= 0.6 is 0 Å². The molecule has 4 rings (SSSR count). The summed E-state index contributed by atoms with van der Waals surface area (Å²) in [7, 11) is 0. The van der Waals surface area contributed by atoms with E-state index in [0.29, 0.717) is 51.4 Å². The van der Waals surface area contributed by atoms with Gasteiger partial charge < -0.3 is 19.4 Å². The predicted octanol–water partition coefficient (Wildman–Crippen LogP) is 3.64. The first-order valence-corrected chi connectivity index (χ1v) is 13.2. The molecule has 0 spiro atoms. The van der Waals surface area contributed by atoms with Gasteiger partial charge in [-0.2, -0.15) is 0 Å². The molecule has 0 bridgehead atoms. The zero-order valence-electron chi connectivity index (χ0n) is 23.3. The summed E-state index contributed by atoms with van der Waals surface area (Å²) in [5.74, 6) is -0.943.